The molecule has 2 amide bonds. The van der Waals surface area contributed by atoms with Gasteiger partial charge in [0.05, 0.1) is 6.04 Å². The molecule has 3 aliphatic rings. The first-order valence-corrected chi connectivity index (χ1v) is 10.5. The van der Waals surface area contributed by atoms with Gasteiger partial charge in [0.2, 0.25) is 11.8 Å². The molecule has 0 bridgehead atoms. The first kappa shape index (κ1) is 17.1. The number of hydrogen-bond acceptors (Lipinski definition) is 2. The van der Waals surface area contributed by atoms with Crippen LogP contribution in [0.2, 0.25) is 5.02 Å². The van der Waals surface area contributed by atoms with Crippen molar-refractivity contribution < 1.29 is 9.59 Å². The topological polar surface area (TPSA) is 56.4 Å². The van der Waals surface area contributed by atoms with E-state index in [1.54, 1.807) is 0 Å². The zero-order chi connectivity index (χ0) is 19.7. The third kappa shape index (κ3) is 2.53. The molecule has 6 rings (SSSR count). The minimum atomic E-state index is -0.454. The van der Waals surface area contributed by atoms with Crippen molar-refractivity contribution in [2.45, 2.75) is 37.4 Å². The number of nitrogens with zero attached hydrogens (tertiary/aromatic N) is 2. The molecule has 5 nitrogen and oxygen atoms in total. The number of para-hydroxylation sites is 1. The van der Waals surface area contributed by atoms with Gasteiger partial charge in [-0.3, -0.25) is 9.59 Å². The fraction of sp³-hybridized carbons (Fsp3) is 0.304. The highest BCUT2D eigenvalue weighted by Gasteiger charge is 2.50. The van der Waals surface area contributed by atoms with E-state index < -0.39 is 6.04 Å². The highest BCUT2D eigenvalue weighted by Crippen LogP contribution is 2.43. The minimum absolute atomic E-state index is 0.0192. The zero-order valence-electron chi connectivity index (χ0n) is 15.8. The fourth-order valence-electron chi connectivity index (χ4n) is 4.97. The van der Waals surface area contributed by atoms with Gasteiger partial charge in [-0.15, -0.1) is 0 Å². The van der Waals surface area contributed by atoms with Gasteiger partial charge in [-0.2, -0.15) is 0 Å². The van der Waals surface area contributed by atoms with Crippen LogP contribution >= 0.6 is 11.6 Å². The first-order valence-electron chi connectivity index (χ1n) is 10.1. The van der Waals surface area contributed by atoms with E-state index in [1.165, 1.54) is 0 Å². The van der Waals surface area contributed by atoms with E-state index >= 15 is 0 Å². The van der Waals surface area contributed by atoms with Crippen molar-refractivity contribution in [2.24, 2.45) is 0 Å². The van der Waals surface area contributed by atoms with Crippen molar-refractivity contribution in [3.8, 4) is 0 Å². The van der Waals surface area contributed by atoms with Gasteiger partial charge in [-0.05, 0) is 42.2 Å². The van der Waals surface area contributed by atoms with Crippen LogP contribution < -0.4 is 0 Å². The maximum atomic E-state index is 13.4. The number of aromatic amines is 1. The zero-order valence-corrected chi connectivity index (χ0v) is 16.5. The van der Waals surface area contributed by atoms with Gasteiger partial charge in [0.15, 0.2) is 0 Å². The molecule has 6 heteroatoms. The number of aromatic nitrogens is 1. The highest BCUT2D eigenvalue weighted by molar-refractivity contribution is 6.30. The lowest BCUT2D eigenvalue weighted by Crippen LogP contribution is -2.63. The van der Waals surface area contributed by atoms with Crippen LogP contribution in [-0.2, 0) is 16.0 Å². The Kier molecular flexibility index (Phi) is 3.60. The molecule has 2 aromatic carbocycles. The number of carbonyl (C=O) groups is 2. The van der Waals surface area contributed by atoms with E-state index in [9.17, 15) is 9.59 Å². The molecule has 146 valence electrons. The molecule has 1 aliphatic carbocycles. The molecule has 1 saturated carbocycles. The lowest BCUT2D eigenvalue weighted by molar-refractivity contribution is -0.159. The second-order valence-corrected chi connectivity index (χ2v) is 8.67. The first-order chi connectivity index (χ1) is 14.1. The molecule has 2 atom stereocenters. The minimum Gasteiger partial charge on any atom is -0.356 e. The van der Waals surface area contributed by atoms with Crippen molar-refractivity contribution in [3.63, 3.8) is 0 Å². The van der Waals surface area contributed by atoms with Crippen molar-refractivity contribution >= 4 is 34.3 Å². The molecule has 2 aliphatic heterocycles. The third-order valence-electron chi connectivity index (χ3n) is 6.47. The van der Waals surface area contributed by atoms with E-state index in [4.69, 9.17) is 11.6 Å². The van der Waals surface area contributed by atoms with Crippen LogP contribution in [0.25, 0.3) is 10.9 Å². The molecule has 3 aromatic rings. The van der Waals surface area contributed by atoms with E-state index in [-0.39, 0.29) is 30.4 Å². The molecule has 0 unspecified atom stereocenters. The molecule has 0 radical (unpaired) electrons. The molecule has 1 saturated heterocycles. The molecule has 3 heterocycles. The predicted molar refractivity (Wildman–Crippen MR) is 111 cm³/mol. The quantitative estimate of drug-likeness (QED) is 0.707. The van der Waals surface area contributed by atoms with Crippen LogP contribution in [0.15, 0.2) is 48.5 Å². The SMILES string of the molecule is O=C1[C@@H]2Cc3c([nH]c4ccccc34)[C@@H](c3ccc(Cl)cc3)N2C(=O)CN1C1CC1. The van der Waals surface area contributed by atoms with Crippen LogP contribution in [0.1, 0.15) is 35.7 Å². The van der Waals surface area contributed by atoms with Crippen LogP contribution in [0, 0.1) is 0 Å². The number of rotatable bonds is 2. The molecule has 1 N–H and O–H groups in total. The van der Waals surface area contributed by atoms with E-state index in [0.29, 0.717) is 11.4 Å². The molecule has 1 aromatic heterocycles. The van der Waals surface area contributed by atoms with Gasteiger partial charge in [0.25, 0.3) is 0 Å². The summed E-state index contributed by atoms with van der Waals surface area (Å²) < 4.78 is 0. The number of nitrogens with one attached hydrogen (secondary N) is 1. The Bertz CT molecular complexity index is 1150. The number of fused-ring (bicyclic) bond motifs is 4. The summed E-state index contributed by atoms with van der Waals surface area (Å²) in [5.41, 5.74) is 4.15. The monoisotopic (exact) mass is 405 g/mol. The van der Waals surface area contributed by atoms with Gasteiger partial charge in [0, 0.05) is 34.1 Å². The molecule has 0 spiro atoms. The molecule has 2 fully saturated rings. The van der Waals surface area contributed by atoms with Crippen LogP contribution in [0.4, 0.5) is 0 Å². The third-order valence-corrected chi connectivity index (χ3v) is 6.72. The van der Waals surface area contributed by atoms with Gasteiger partial charge in [-0.25, -0.2) is 0 Å². The maximum absolute atomic E-state index is 13.4. The van der Waals surface area contributed by atoms with Crippen LogP contribution in [0.5, 0.6) is 0 Å². The number of halogens is 1. The summed E-state index contributed by atoms with van der Waals surface area (Å²) in [5, 5.41) is 1.78. The standard InChI is InChI=1S/C23H20ClN3O2/c24-14-7-5-13(6-8-14)22-21-17(16-3-1-2-4-18(16)25-21)11-19-23(29)26(15-9-10-15)12-20(28)27(19)22/h1-8,15,19,22,25H,9-12H2/t19-,22+/m0/s1. The highest BCUT2D eigenvalue weighted by atomic mass is 35.5. The average Bonchev–Trinajstić information content (AvgIpc) is 3.50. The summed E-state index contributed by atoms with van der Waals surface area (Å²) in [6, 6.07) is 15.2. The number of H-pyrrole nitrogens is 1. The number of carbonyl (C=O) groups excluding carboxylic acids is 2. The summed E-state index contributed by atoms with van der Waals surface area (Å²) in [6.07, 6.45) is 2.56. The Morgan fingerprint density at radius 3 is 2.52 bits per heavy atom. The van der Waals surface area contributed by atoms with Crippen molar-refractivity contribution in [1.29, 1.82) is 0 Å². The van der Waals surface area contributed by atoms with E-state index in [2.05, 4.69) is 11.1 Å². The smallest absolute Gasteiger partial charge is 0.246 e. The Morgan fingerprint density at radius 2 is 1.76 bits per heavy atom. The van der Waals surface area contributed by atoms with Crippen LogP contribution in [-0.4, -0.2) is 45.2 Å². The lowest BCUT2D eigenvalue weighted by Gasteiger charge is -2.47. The summed E-state index contributed by atoms with van der Waals surface area (Å²) >= 11 is 6.12. The Labute approximate surface area is 173 Å². The lowest BCUT2D eigenvalue weighted by atomic mass is 9.86. The summed E-state index contributed by atoms with van der Waals surface area (Å²) in [5.74, 6) is 0.104. The Hall–Kier alpha value is -2.79. The average molecular weight is 406 g/mol. The largest absolute Gasteiger partial charge is 0.356 e. The van der Waals surface area contributed by atoms with Gasteiger partial charge < -0.3 is 14.8 Å². The Balaban J connectivity index is 1.55. The van der Waals surface area contributed by atoms with E-state index in [1.807, 2.05) is 52.3 Å². The number of piperazine rings is 1. The predicted octanol–water partition coefficient (Wildman–Crippen LogP) is 3.67. The molecule has 29 heavy (non-hydrogen) atoms. The number of amides is 2. The molecular weight excluding hydrogens is 386 g/mol. The van der Waals surface area contributed by atoms with Crippen molar-refractivity contribution in [2.75, 3.05) is 6.54 Å². The van der Waals surface area contributed by atoms with Gasteiger partial charge in [0.1, 0.15) is 12.6 Å². The second-order valence-electron chi connectivity index (χ2n) is 8.24. The Morgan fingerprint density at radius 1 is 1.00 bits per heavy atom. The number of hydrogen-bond donors (Lipinski definition) is 1. The summed E-state index contributed by atoms with van der Waals surface area (Å²) in [7, 11) is 0. The van der Waals surface area contributed by atoms with Crippen molar-refractivity contribution in [1.82, 2.24) is 14.8 Å². The normalized spacial score (nSPS) is 24.0. The molecular formula is C23H20ClN3O2. The van der Waals surface area contributed by atoms with E-state index in [0.717, 1.165) is 40.6 Å². The van der Waals surface area contributed by atoms with Gasteiger partial charge in [-0.1, -0.05) is 41.9 Å². The van der Waals surface area contributed by atoms with Crippen LogP contribution in [0.3, 0.4) is 0 Å². The summed E-state index contributed by atoms with van der Waals surface area (Å²) in [6.45, 7) is 0.180. The fourth-order valence-corrected chi connectivity index (χ4v) is 5.10. The maximum Gasteiger partial charge on any atom is 0.246 e. The summed E-state index contributed by atoms with van der Waals surface area (Å²) in [4.78, 5) is 33.8. The van der Waals surface area contributed by atoms with Crippen molar-refractivity contribution in [3.05, 3.63) is 70.4 Å². The number of benzene rings is 2. The second kappa shape index (κ2) is 6.10. The van der Waals surface area contributed by atoms with Gasteiger partial charge >= 0.3 is 0 Å².